The zero-order valence-corrected chi connectivity index (χ0v) is 7.34. The number of anilines is 1. The predicted octanol–water partition coefficient (Wildman–Crippen LogP) is 2.56. The van der Waals surface area contributed by atoms with Crippen LogP contribution < -0.4 is 5.73 Å². The topological polar surface area (TPSA) is 55.4 Å². The Morgan fingerprint density at radius 1 is 1.55 bits per heavy atom. The minimum absolute atomic E-state index is 0.301. The minimum atomic E-state index is 0.301. The predicted molar refractivity (Wildman–Crippen MR) is 48.9 cm³/mol. The third-order valence-electron chi connectivity index (χ3n) is 1.34. The quantitative estimate of drug-likeness (QED) is 0.468. The van der Waals surface area contributed by atoms with Gasteiger partial charge in [-0.15, -0.1) is 4.91 Å². The molecule has 58 valence electrons. The van der Waals surface area contributed by atoms with E-state index in [1.807, 2.05) is 6.07 Å². The molecule has 0 amide bonds. The summed E-state index contributed by atoms with van der Waals surface area (Å²) >= 11 is 3.27. The lowest BCUT2D eigenvalue weighted by molar-refractivity contribution is 1.40. The standard InChI is InChI=1S/C7H7BrN2O/c8-4-5-1-2-7(10-11)6(9)3-5/h1-3H,4,9H2. The van der Waals surface area contributed by atoms with Gasteiger partial charge in [0.2, 0.25) is 0 Å². The zero-order chi connectivity index (χ0) is 8.27. The molecule has 0 unspecified atom stereocenters. The Morgan fingerprint density at radius 3 is 2.73 bits per heavy atom. The molecule has 0 spiro atoms. The molecular weight excluding hydrogens is 208 g/mol. The largest absolute Gasteiger partial charge is 0.397 e. The monoisotopic (exact) mass is 214 g/mol. The van der Waals surface area contributed by atoms with E-state index in [-0.39, 0.29) is 0 Å². The lowest BCUT2D eigenvalue weighted by Gasteiger charge is -1.98. The third kappa shape index (κ3) is 1.77. The highest BCUT2D eigenvalue weighted by molar-refractivity contribution is 9.08. The molecule has 1 rings (SSSR count). The van der Waals surface area contributed by atoms with Crippen LogP contribution in [0.25, 0.3) is 0 Å². The second kappa shape index (κ2) is 3.48. The number of nitrogens with two attached hydrogens (primary N) is 1. The van der Waals surface area contributed by atoms with Crippen molar-refractivity contribution in [3.05, 3.63) is 28.7 Å². The van der Waals surface area contributed by atoms with Crippen LogP contribution in [0.4, 0.5) is 11.4 Å². The molecule has 3 nitrogen and oxygen atoms in total. The third-order valence-corrected chi connectivity index (χ3v) is 1.99. The second-order valence-corrected chi connectivity index (χ2v) is 2.68. The van der Waals surface area contributed by atoms with Crippen LogP contribution in [-0.4, -0.2) is 0 Å². The molecule has 4 heteroatoms. The average Bonchev–Trinajstić information content (AvgIpc) is 2.04. The summed E-state index contributed by atoms with van der Waals surface area (Å²) in [5.41, 5.74) is 7.26. The number of alkyl halides is 1. The number of benzene rings is 1. The normalized spacial score (nSPS) is 9.55. The fraction of sp³-hybridized carbons (Fsp3) is 0.143. The van der Waals surface area contributed by atoms with Gasteiger partial charge in [0.1, 0.15) is 5.69 Å². The van der Waals surface area contributed by atoms with Crippen LogP contribution >= 0.6 is 15.9 Å². The Balaban J connectivity index is 3.09. The van der Waals surface area contributed by atoms with Gasteiger partial charge < -0.3 is 5.73 Å². The summed E-state index contributed by atoms with van der Waals surface area (Å²) in [6.45, 7) is 0. The Kier molecular flexibility index (Phi) is 2.59. The number of halogens is 1. The maximum Gasteiger partial charge on any atom is 0.130 e. The molecule has 0 aliphatic carbocycles. The van der Waals surface area contributed by atoms with Gasteiger partial charge in [-0.25, -0.2) is 0 Å². The summed E-state index contributed by atoms with van der Waals surface area (Å²) < 4.78 is 0. The van der Waals surface area contributed by atoms with E-state index in [9.17, 15) is 4.91 Å². The van der Waals surface area contributed by atoms with Crippen molar-refractivity contribution in [2.45, 2.75) is 5.33 Å². The zero-order valence-electron chi connectivity index (χ0n) is 5.75. The summed E-state index contributed by atoms with van der Waals surface area (Å²) in [6, 6.07) is 5.15. The van der Waals surface area contributed by atoms with Gasteiger partial charge in [-0.1, -0.05) is 22.0 Å². The van der Waals surface area contributed by atoms with Crippen LogP contribution in [0.3, 0.4) is 0 Å². The second-order valence-electron chi connectivity index (χ2n) is 2.12. The Bertz CT molecular complexity index is 275. The highest BCUT2D eigenvalue weighted by Crippen LogP contribution is 2.23. The van der Waals surface area contributed by atoms with Gasteiger partial charge in [-0.05, 0) is 22.9 Å². The molecule has 0 saturated heterocycles. The first-order valence-corrected chi connectivity index (χ1v) is 4.18. The molecule has 0 atom stereocenters. The van der Waals surface area contributed by atoms with Crippen molar-refractivity contribution in [1.82, 2.24) is 0 Å². The van der Waals surface area contributed by atoms with Crippen molar-refractivity contribution in [3.63, 3.8) is 0 Å². The highest BCUT2D eigenvalue weighted by atomic mass is 79.9. The molecule has 1 aromatic rings. The molecule has 0 aliphatic rings. The van der Waals surface area contributed by atoms with Gasteiger partial charge in [-0.3, -0.25) is 0 Å². The molecule has 1 aromatic carbocycles. The van der Waals surface area contributed by atoms with E-state index in [4.69, 9.17) is 5.73 Å². The molecule has 0 fully saturated rings. The lowest BCUT2D eigenvalue weighted by Crippen LogP contribution is -1.86. The molecule has 0 heterocycles. The van der Waals surface area contributed by atoms with Crippen LogP contribution in [0.2, 0.25) is 0 Å². The van der Waals surface area contributed by atoms with E-state index in [1.54, 1.807) is 12.1 Å². The average molecular weight is 215 g/mol. The minimum Gasteiger partial charge on any atom is -0.397 e. The molecule has 2 N–H and O–H groups in total. The van der Waals surface area contributed by atoms with E-state index in [0.717, 1.165) is 10.9 Å². The maximum atomic E-state index is 10.1. The van der Waals surface area contributed by atoms with E-state index in [0.29, 0.717) is 11.4 Å². The molecule has 0 radical (unpaired) electrons. The fourth-order valence-electron chi connectivity index (χ4n) is 0.770. The maximum absolute atomic E-state index is 10.1. The molecule has 11 heavy (non-hydrogen) atoms. The first-order valence-electron chi connectivity index (χ1n) is 3.05. The molecule has 0 saturated carbocycles. The summed E-state index contributed by atoms with van der Waals surface area (Å²) in [6.07, 6.45) is 0. The SMILES string of the molecule is Nc1cc(CBr)ccc1N=O. The first kappa shape index (κ1) is 8.20. The van der Waals surface area contributed by atoms with Gasteiger partial charge in [-0.2, -0.15) is 0 Å². The van der Waals surface area contributed by atoms with Crippen molar-refractivity contribution in [2.24, 2.45) is 5.18 Å². The smallest absolute Gasteiger partial charge is 0.130 e. The van der Waals surface area contributed by atoms with Crippen LogP contribution in [0.5, 0.6) is 0 Å². The number of nitroso groups, excluding NO2 is 1. The van der Waals surface area contributed by atoms with Crippen molar-refractivity contribution in [2.75, 3.05) is 5.73 Å². The van der Waals surface area contributed by atoms with Gasteiger partial charge >= 0.3 is 0 Å². The Labute approximate surface area is 72.7 Å². The fourth-order valence-corrected chi connectivity index (χ4v) is 1.12. The number of nitrogens with zero attached hydrogens (tertiary/aromatic N) is 1. The Hall–Kier alpha value is -0.900. The van der Waals surface area contributed by atoms with Gasteiger partial charge in [0, 0.05) is 5.33 Å². The summed E-state index contributed by atoms with van der Waals surface area (Å²) in [4.78, 5) is 10.1. The van der Waals surface area contributed by atoms with Crippen LogP contribution in [0.1, 0.15) is 5.56 Å². The van der Waals surface area contributed by atoms with Crippen LogP contribution in [0, 0.1) is 4.91 Å². The number of hydrogen-bond acceptors (Lipinski definition) is 3. The van der Waals surface area contributed by atoms with Gasteiger partial charge in [0.15, 0.2) is 0 Å². The van der Waals surface area contributed by atoms with E-state index in [2.05, 4.69) is 21.1 Å². The number of nitrogen functional groups attached to an aromatic ring is 1. The molecule has 0 bridgehead atoms. The number of hydrogen-bond donors (Lipinski definition) is 1. The van der Waals surface area contributed by atoms with Crippen LogP contribution in [-0.2, 0) is 5.33 Å². The van der Waals surface area contributed by atoms with E-state index >= 15 is 0 Å². The summed E-state index contributed by atoms with van der Waals surface area (Å²) in [5.74, 6) is 0. The summed E-state index contributed by atoms with van der Waals surface area (Å²) in [7, 11) is 0. The highest BCUT2D eigenvalue weighted by Gasteiger charge is 1.98. The lowest BCUT2D eigenvalue weighted by atomic mass is 10.2. The van der Waals surface area contributed by atoms with Crippen molar-refractivity contribution in [3.8, 4) is 0 Å². The van der Waals surface area contributed by atoms with E-state index in [1.165, 1.54) is 0 Å². The molecule has 0 aromatic heterocycles. The number of rotatable bonds is 2. The molecular formula is C7H7BrN2O. The van der Waals surface area contributed by atoms with Crippen molar-refractivity contribution < 1.29 is 0 Å². The van der Waals surface area contributed by atoms with Gasteiger partial charge in [0.25, 0.3) is 0 Å². The first-order chi connectivity index (χ1) is 5.27. The molecule has 0 aliphatic heterocycles. The summed E-state index contributed by atoms with van der Waals surface area (Å²) in [5, 5.41) is 3.49. The van der Waals surface area contributed by atoms with Crippen LogP contribution in [0.15, 0.2) is 23.4 Å². The van der Waals surface area contributed by atoms with Crippen molar-refractivity contribution in [1.29, 1.82) is 0 Å². The van der Waals surface area contributed by atoms with Crippen molar-refractivity contribution >= 4 is 27.3 Å². The van der Waals surface area contributed by atoms with Gasteiger partial charge in [0.05, 0.1) is 5.69 Å². The Morgan fingerprint density at radius 2 is 2.27 bits per heavy atom. The van der Waals surface area contributed by atoms with E-state index < -0.39 is 0 Å².